The summed E-state index contributed by atoms with van der Waals surface area (Å²) in [7, 11) is -3.16. The number of amides is 1. The van der Waals surface area contributed by atoms with Crippen molar-refractivity contribution in [3.63, 3.8) is 0 Å². The molecule has 1 unspecified atom stereocenters. The third kappa shape index (κ3) is 3.44. The van der Waals surface area contributed by atoms with Crippen molar-refractivity contribution in [2.75, 3.05) is 45.5 Å². The highest BCUT2D eigenvalue weighted by atomic mass is 32.2. The van der Waals surface area contributed by atoms with E-state index < -0.39 is 10.0 Å². The second-order valence-corrected chi connectivity index (χ2v) is 8.30. The highest BCUT2D eigenvalue weighted by Crippen LogP contribution is 2.25. The van der Waals surface area contributed by atoms with Gasteiger partial charge in [0.2, 0.25) is 15.9 Å². The van der Waals surface area contributed by atoms with Gasteiger partial charge in [-0.3, -0.25) is 9.69 Å². The van der Waals surface area contributed by atoms with E-state index in [9.17, 15) is 13.2 Å². The molecule has 3 heterocycles. The summed E-state index contributed by atoms with van der Waals surface area (Å²) in [5.41, 5.74) is 1.24. The molecular weight excluding hydrogens is 316 g/mol. The number of fused-ring (bicyclic) bond motifs is 1. The Morgan fingerprint density at radius 1 is 1.17 bits per heavy atom. The third-order valence-electron chi connectivity index (χ3n) is 4.87. The second-order valence-electron chi connectivity index (χ2n) is 6.32. The highest BCUT2D eigenvalue weighted by Gasteiger charge is 2.29. The van der Waals surface area contributed by atoms with Crippen LogP contribution in [0.4, 0.5) is 0 Å². The first-order chi connectivity index (χ1) is 10.9. The fraction of sp³-hybridized carbons (Fsp3) is 0.667. The molecule has 1 amide bonds. The first kappa shape index (κ1) is 16.5. The van der Waals surface area contributed by atoms with Gasteiger partial charge in [0.15, 0.2) is 0 Å². The summed E-state index contributed by atoms with van der Waals surface area (Å²) in [5, 5.41) is 0. The molecule has 0 aliphatic carbocycles. The summed E-state index contributed by atoms with van der Waals surface area (Å²) in [5.74, 6) is 0.0880. The molecule has 0 spiro atoms. The molecule has 1 aromatic heterocycles. The Bertz CT molecular complexity index is 677. The Labute approximate surface area is 137 Å². The standard InChI is InChI=1S/C15H24N4O3S/c1-13-14-4-3-5-16(14)6-7-18(13)12-15(20)17-8-10-19(11-9-17)23(2,21)22/h3-5,13H,6-12H2,1-2H3. The zero-order valence-corrected chi connectivity index (χ0v) is 14.5. The maximum atomic E-state index is 12.5. The van der Waals surface area contributed by atoms with E-state index in [2.05, 4.69) is 28.7 Å². The van der Waals surface area contributed by atoms with Crippen molar-refractivity contribution in [2.24, 2.45) is 0 Å². The smallest absolute Gasteiger partial charge is 0.236 e. The molecule has 1 fully saturated rings. The zero-order valence-electron chi connectivity index (χ0n) is 13.7. The molecule has 0 N–H and O–H groups in total. The number of sulfonamides is 1. The van der Waals surface area contributed by atoms with Crippen LogP contribution >= 0.6 is 0 Å². The largest absolute Gasteiger partial charge is 0.349 e. The van der Waals surface area contributed by atoms with E-state index >= 15 is 0 Å². The number of aromatic nitrogens is 1. The van der Waals surface area contributed by atoms with Crippen LogP contribution in [0.1, 0.15) is 18.7 Å². The molecule has 0 bridgehead atoms. The predicted octanol–water partition coefficient (Wildman–Crippen LogP) is -0.0315. The number of nitrogens with zero attached hydrogens (tertiary/aromatic N) is 4. The first-order valence-electron chi connectivity index (χ1n) is 7.98. The lowest BCUT2D eigenvalue weighted by Crippen LogP contribution is -2.53. The zero-order chi connectivity index (χ0) is 16.6. The van der Waals surface area contributed by atoms with Gasteiger partial charge in [-0.2, -0.15) is 4.31 Å². The van der Waals surface area contributed by atoms with Gasteiger partial charge in [-0.05, 0) is 19.1 Å². The van der Waals surface area contributed by atoms with Crippen molar-refractivity contribution in [1.82, 2.24) is 18.7 Å². The van der Waals surface area contributed by atoms with Crippen LogP contribution in [0, 0.1) is 0 Å². The molecule has 7 nitrogen and oxygen atoms in total. The maximum Gasteiger partial charge on any atom is 0.236 e. The minimum Gasteiger partial charge on any atom is -0.349 e. The van der Waals surface area contributed by atoms with Crippen molar-refractivity contribution in [3.8, 4) is 0 Å². The Morgan fingerprint density at radius 3 is 2.52 bits per heavy atom. The predicted molar refractivity (Wildman–Crippen MR) is 87.4 cm³/mol. The molecule has 0 aromatic carbocycles. The Morgan fingerprint density at radius 2 is 1.87 bits per heavy atom. The molecule has 2 aliphatic heterocycles. The first-order valence-corrected chi connectivity index (χ1v) is 9.83. The topological polar surface area (TPSA) is 65.9 Å². The number of hydrogen-bond acceptors (Lipinski definition) is 4. The monoisotopic (exact) mass is 340 g/mol. The minimum absolute atomic E-state index is 0.0880. The van der Waals surface area contributed by atoms with Gasteiger partial charge in [0.05, 0.1) is 12.8 Å². The van der Waals surface area contributed by atoms with Crippen LogP contribution in [0.25, 0.3) is 0 Å². The van der Waals surface area contributed by atoms with E-state index in [1.165, 1.54) is 16.3 Å². The van der Waals surface area contributed by atoms with Crippen molar-refractivity contribution in [2.45, 2.75) is 19.5 Å². The summed E-state index contributed by atoms with van der Waals surface area (Å²) in [6.07, 6.45) is 3.30. The molecule has 128 valence electrons. The molecule has 8 heteroatoms. The quantitative estimate of drug-likeness (QED) is 0.775. The molecule has 0 radical (unpaired) electrons. The average Bonchev–Trinajstić information content (AvgIpc) is 2.98. The van der Waals surface area contributed by atoms with E-state index in [1.807, 2.05) is 6.07 Å². The fourth-order valence-electron chi connectivity index (χ4n) is 3.39. The van der Waals surface area contributed by atoms with Crippen LogP contribution in [0.2, 0.25) is 0 Å². The molecule has 1 saturated heterocycles. The fourth-order valence-corrected chi connectivity index (χ4v) is 4.21. The number of piperazine rings is 1. The number of carbonyl (C=O) groups is 1. The van der Waals surface area contributed by atoms with Gasteiger partial charge < -0.3 is 9.47 Å². The molecular formula is C15H24N4O3S. The van der Waals surface area contributed by atoms with Crippen molar-refractivity contribution in [1.29, 1.82) is 0 Å². The number of rotatable bonds is 3. The highest BCUT2D eigenvalue weighted by molar-refractivity contribution is 7.88. The van der Waals surface area contributed by atoms with Crippen molar-refractivity contribution >= 4 is 15.9 Å². The van der Waals surface area contributed by atoms with Crippen molar-refractivity contribution < 1.29 is 13.2 Å². The van der Waals surface area contributed by atoms with E-state index in [4.69, 9.17) is 0 Å². The van der Waals surface area contributed by atoms with Crippen LogP contribution in [-0.4, -0.2) is 78.5 Å². The molecule has 23 heavy (non-hydrogen) atoms. The van der Waals surface area contributed by atoms with Gasteiger partial charge in [0, 0.05) is 57.2 Å². The summed E-state index contributed by atoms with van der Waals surface area (Å²) in [6.45, 7) is 6.02. The normalized spacial score (nSPS) is 23.7. The van der Waals surface area contributed by atoms with E-state index in [-0.39, 0.29) is 11.9 Å². The van der Waals surface area contributed by atoms with Crippen LogP contribution in [0.5, 0.6) is 0 Å². The molecule has 3 rings (SSSR count). The average molecular weight is 340 g/mol. The Hall–Kier alpha value is -1.38. The molecule has 0 saturated carbocycles. The van der Waals surface area contributed by atoms with Gasteiger partial charge in [-0.1, -0.05) is 0 Å². The Balaban J connectivity index is 1.57. The van der Waals surface area contributed by atoms with E-state index in [0.29, 0.717) is 32.7 Å². The van der Waals surface area contributed by atoms with E-state index in [1.54, 1.807) is 4.90 Å². The van der Waals surface area contributed by atoms with Gasteiger partial charge >= 0.3 is 0 Å². The summed E-state index contributed by atoms with van der Waals surface area (Å²) >= 11 is 0. The summed E-state index contributed by atoms with van der Waals surface area (Å²) in [4.78, 5) is 16.5. The van der Waals surface area contributed by atoms with Gasteiger partial charge in [0.25, 0.3) is 0 Å². The summed E-state index contributed by atoms with van der Waals surface area (Å²) in [6, 6.07) is 4.37. The lowest BCUT2D eigenvalue weighted by Gasteiger charge is -2.37. The number of hydrogen-bond donors (Lipinski definition) is 0. The summed E-state index contributed by atoms with van der Waals surface area (Å²) < 4.78 is 26.7. The maximum absolute atomic E-state index is 12.5. The molecule has 2 aliphatic rings. The third-order valence-corrected chi connectivity index (χ3v) is 6.17. The van der Waals surface area contributed by atoms with Crippen LogP contribution in [0.3, 0.4) is 0 Å². The Kier molecular flexibility index (Phi) is 4.48. The lowest BCUT2D eigenvalue weighted by molar-refractivity contribution is -0.134. The van der Waals surface area contributed by atoms with Crippen LogP contribution in [-0.2, 0) is 21.4 Å². The van der Waals surface area contributed by atoms with Crippen LogP contribution < -0.4 is 0 Å². The van der Waals surface area contributed by atoms with Crippen LogP contribution in [0.15, 0.2) is 18.3 Å². The van der Waals surface area contributed by atoms with E-state index in [0.717, 1.165) is 13.1 Å². The lowest BCUT2D eigenvalue weighted by atomic mass is 10.1. The van der Waals surface area contributed by atoms with Gasteiger partial charge in [0.1, 0.15) is 0 Å². The van der Waals surface area contributed by atoms with Gasteiger partial charge in [-0.15, -0.1) is 0 Å². The molecule has 1 atom stereocenters. The SMILES string of the molecule is CC1c2cccn2CCN1CC(=O)N1CCN(S(C)(=O)=O)CC1. The molecule has 1 aromatic rings. The van der Waals surface area contributed by atoms with Crippen molar-refractivity contribution in [3.05, 3.63) is 24.0 Å². The minimum atomic E-state index is -3.16. The second kappa shape index (κ2) is 6.26. The van der Waals surface area contributed by atoms with Gasteiger partial charge in [-0.25, -0.2) is 8.42 Å². The number of carbonyl (C=O) groups excluding carboxylic acids is 1.